The van der Waals surface area contributed by atoms with Crippen molar-refractivity contribution in [3.63, 3.8) is 0 Å². The fraction of sp³-hybridized carbons (Fsp3) is 0.440. The predicted octanol–water partition coefficient (Wildman–Crippen LogP) is 3.48. The second kappa shape index (κ2) is 11.8. The van der Waals surface area contributed by atoms with Crippen molar-refractivity contribution in [3.05, 3.63) is 65.7 Å². The van der Waals surface area contributed by atoms with Crippen LogP contribution in [0.3, 0.4) is 0 Å². The maximum atomic E-state index is 13.2. The predicted molar refractivity (Wildman–Crippen MR) is 132 cm³/mol. The minimum atomic E-state index is -3.49. The van der Waals surface area contributed by atoms with E-state index in [-0.39, 0.29) is 30.8 Å². The van der Waals surface area contributed by atoms with Crippen molar-refractivity contribution in [2.75, 3.05) is 17.1 Å². The number of aryl methyl sites for hydroxylation is 1. The molecule has 0 aromatic heterocycles. The molecule has 0 unspecified atom stereocenters. The van der Waals surface area contributed by atoms with Crippen LogP contribution in [0.2, 0.25) is 0 Å². The van der Waals surface area contributed by atoms with Gasteiger partial charge in [-0.1, -0.05) is 48.0 Å². The second-order valence-corrected chi connectivity index (χ2v) is 10.5. The lowest BCUT2D eigenvalue weighted by atomic mass is 10.1. The summed E-state index contributed by atoms with van der Waals surface area (Å²) in [6.45, 7) is 7.95. The van der Waals surface area contributed by atoms with Gasteiger partial charge in [-0.2, -0.15) is 0 Å². The van der Waals surface area contributed by atoms with E-state index in [1.807, 2.05) is 51.1 Å². The van der Waals surface area contributed by atoms with E-state index in [1.54, 1.807) is 36.1 Å². The highest BCUT2D eigenvalue weighted by Crippen LogP contribution is 2.18. The molecular weight excluding hydrogens is 438 g/mol. The number of anilines is 1. The summed E-state index contributed by atoms with van der Waals surface area (Å²) < 4.78 is 25.9. The average Bonchev–Trinajstić information content (AvgIpc) is 2.75. The lowest BCUT2D eigenvalue weighted by Gasteiger charge is -2.30. The molecular formula is C25H35N3O4S. The van der Waals surface area contributed by atoms with Crippen LogP contribution in [-0.2, 0) is 26.2 Å². The standard InChI is InChI=1S/C25H35N3O4S/c1-19(2)26-25(30)21(4)27(18-22-15-13-20(3)14-16-22)24(29)12-9-17-28(33(5,31)32)23-10-7-6-8-11-23/h6-8,10-11,13-16,19,21H,9,12,17-18H2,1-5H3,(H,26,30)/t21-/m0/s1. The summed E-state index contributed by atoms with van der Waals surface area (Å²) in [7, 11) is -3.49. The zero-order chi connectivity index (χ0) is 24.6. The van der Waals surface area contributed by atoms with Gasteiger partial charge in [0.05, 0.1) is 11.9 Å². The van der Waals surface area contributed by atoms with Gasteiger partial charge >= 0.3 is 0 Å². The maximum absolute atomic E-state index is 13.2. The minimum Gasteiger partial charge on any atom is -0.352 e. The third-order valence-corrected chi connectivity index (χ3v) is 6.46. The van der Waals surface area contributed by atoms with Gasteiger partial charge in [0, 0.05) is 25.6 Å². The zero-order valence-electron chi connectivity index (χ0n) is 20.1. The third kappa shape index (κ3) is 8.20. The molecule has 0 spiro atoms. The van der Waals surface area contributed by atoms with Crippen LogP contribution in [0.1, 0.15) is 44.7 Å². The molecule has 0 aliphatic rings. The van der Waals surface area contributed by atoms with E-state index < -0.39 is 16.1 Å². The maximum Gasteiger partial charge on any atom is 0.242 e. The summed E-state index contributed by atoms with van der Waals surface area (Å²) in [6, 6.07) is 16.0. The van der Waals surface area contributed by atoms with Gasteiger partial charge in [0.15, 0.2) is 0 Å². The van der Waals surface area contributed by atoms with E-state index in [0.717, 1.165) is 17.4 Å². The molecule has 0 aliphatic carbocycles. The second-order valence-electron chi connectivity index (χ2n) is 8.62. The van der Waals surface area contributed by atoms with Gasteiger partial charge in [-0.25, -0.2) is 8.42 Å². The monoisotopic (exact) mass is 473 g/mol. The van der Waals surface area contributed by atoms with E-state index in [4.69, 9.17) is 0 Å². The molecule has 180 valence electrons. The molecule has 0 radical (unpaired) electrons. The lowest BCUT2D eigenvalue weighted by molar-refractivity contribution is -0.140. The fourth-order valence-electron chi connectivity index (χ4n) is 3.48. The lowest BCUT2D eigenvalue weighted by Crippen LogP contribution is -2.49. The van der Waals surface area contributed by atoms with E-state index in [2.05, 4.69) is 5.32 Å². The van der Waals surface area contributed by atoms with Crippen LogP contribution in [0.15, 0.2) is 54.6 Å². The first-order chi connectivity index (χ1) is 15.5. The van der Waals surface area contributed by atoms with Crippen molar-refractivity contribution < 1.29 is 18.0 Å². The highest BCUT2D eigenvalue weighted by Gasteiger charge is 2.27. The van der Waals surface area contributed by atoms with Gasteiger partial charge in [-0.3, -0.25) is 13.9 Å². The highest BCUT2D eigenvalue weighted by atomic mass is 32.2. The van der Waals surface area contributed by atoms with Crippen LogP contribution in [-0.4, -0.2) is 50.0 Å². The number of para-hydroxylation sites is 1. The molecule has 0 bridgehead atoms. The first-order valence-electron chi connectivity index (χ1n) is 11.2. The zero-order valence-corrected chi connectivity index (χ0v) is 20.9. The number of nitrogens with one attached hydrogen (secondary N) is 1. The molecule has 8 heteroatoms. The van der Waals surface area contributed by atoms with Crippen LogP contribution in [0, 0.1) is 6.92 Å². The average molecular weight is 474 g/mol. The molecule has 2 amide bonds. The van der Waals surface area contributed by atoms with Crippen molar-refractivity contribution in [2.45, 2.75) is 59.2 Å². The molecule has 0 saturated heterocycles. The highest BCUT2D eigenvalue weighted by molar-refractivity contribution is 7.92. The van der Waals surface area contributed by atoms with Crippen molar-refractivity contribution in [2.24, 2.45) is 0 Å². The number of benzene rings is 2. The van der Waals surface area contributed by atoms with Crippen molar-refractivity contribution in [1.82, 2.24) is 10.2 Å². The number of nitrogens with zero attached hydrogens (tertiary/aromatic N) is 2. The summed E-state index contributed by atoms with van der Waals surface area (Å²) in [4.78, 5) is 27.4. The first kappa shape index (κ1) is 26.4. The molecule has 0 aliphatic heterocycles. The molecule has 7 nitrogen and oxygen atoms in total. The van der Waals surface area contributed by atoms with E-state index in [1.165, 1.54) is 4.31 Å². The molecule has 0 fully saturated rings. The number of rotatable bonds is 11. The number of carbonyl (C=O) groups excluding carboxylic acids is 2. The third-order valence-electron chi connectivity index (χ3n) is 5.27. The summed E-state index contributed by atoms with van der Waals surface area (Å²) >= 11 is 0. The topological polar surface area (TPSA) is 86.8 Å². The van der Waals surface area contributed by atoms with Gasteiger partial charge in [0.25, 0.3) is 0 Å². The first-order valence-corrected chi connectivity index (χ1v) is 13.0. The molecule has 0 saturated carbocycles. The smallest absolute Gasteiger partial charge is 0.242 e. The van der Waals surface area contributed by atoms with Crippen LogP contribution in [0.25, 0.3) is 0 Å². The van der Waals surface area contributed by atoms with Crippen molar-refractivity contribution in [3.8, 4) is 0 Å². The van der Waals surface area contributed by atoms with Gasteiger partial charge in [0.1, 0.15) is 6.04 Å². The summed E-state index contributed by atoms with van der Waals surface area (Å²) in [6.07, 6.45) is 1.62. The number of carbonyl (C=O) groups is 2. The number of hydrogen-bond donors (Lipinski definition) is 1. The summed E-state index contributed by atoms with van der Waals surface area (Å²) in [5, 5.41) is 2.87. The largest absolute Gasteiger partial charge is 0.352 e. The molecule has 33 heavy (non-hydrogen) atoms. The molecule has 2 aromatic rings. The van der Waals surface area contributed by atoms with Gasteiger partial charge in [-0.15, -0.1) is 0 Å². The Morgan fingerprint density at radius 1 is 0.970 bits per heavy atom. The Balaban J connectivity index is 2.14. The molecule has 1 atom stereocenters. The summed E-state index contributed by atoms with van der Waals surface area (Å²) in [5.74, 6) is -0.406. The van der Waals surface area contributed by atoms with Crippen molar-refractivity contribution >= 4 is 27.5 Å². The fourth-order valence-corrected chi connectivity index (χ4v) is 4.44. The van der Waals surface area contributed by atoms with Crippen LogP contribution < -0.4 is 9.62 Å². The Morgan fingerprint density at radius 3 is 2.12 bits per heavy atom. The van der Waals surface area contributed by atoms with Crippen LogP contribution >= 0.6 is 0 Å². The Kier molecular flexibility index (Phi) is 9.46. The van der Waals surface area contributed by atoms with Gasteiger partial charge < -0.3 is 10.2 Å². The molecule has 1 N–H and O–H groups in total. The van der Waals surface area contributed by atoms with Crippen LogP contribution in [0.4, 0.5) is 5.69 Å². The van der Waals surface area contributed by atoms with Gasteiger partial charge in [0.2, 0.25) is 21.8 Å². The SMILES string of the molecule is Cc1ccc(CN(C(=O)CCCN(c2ccccc2)S(C)(=O)=O)[C@@H](C)C(=O)NC(C)C)cc1. The number of hydrogen-bond acceptors (Lipinski definition) is 4. The molecule has 2 rings (SSSR count). The normalized spacial score (nSPS) is 12.3. The van der Waals surface area contributed by atoms with E-state index >= 15 is 0 Å². The Labute approximate surface area is 197 Å². The number of sulfonamides is 1. The van der Waals surface area contributed by atoms with Gasteiger partial charge in [-0.05, 0) is 51.8 Å². The van der Waals surface area contributed by atoms with E-state index in [0.29, 0.717) is 18.7 Å². The quantitative estimate of drug-likeness (QED) is 0.541. The summed E-state index contributed by atoms with van der Waals surface area (Å²) in [5.41, 5.74) is 2.61. The van der Waals surface area contributed by atoms with Crippen LogP contribution in [0.5, 0.6) is 0 Å². The van der Waals surface area contributed by atoms with E-state index in [9.17, 15) is 18.0 Å². The van der Waals surface area contributed by atoms with Crippen molar-refractivity contribution in [1.29, 1.82) is 0 Å². The molecule has 0 heterocycles. The Morgan fingerprint density at radius 2 is 1.58 bits per heavy atom. The number of amides is 2. The Bertz CT molecular complexity index is 1020. The Hall–Kier alpha value is -2.87. The minimum absolute atomic E-state index is 0.0366. The molecule has 2 aromatic carbocycles.